The maximum atomic E-state index is 10.2. The van der Waals surface area contributed by atoms with Gasteiger partial charge in [-0.15, -0.1) is 6.26 Å². The summed E-state index contributed by atoms with van der Waals surface area (Å²) >= 11 is 0. The summed E-state index contributed by atoms with van der Waals surface area (Å²) in [5.41, 5.74) is 0.380. The van der Waals surface area contributed by atoms with E-state index in [2.05, 4.69) is 0 Å². The molecule has 11 heavy (non-hydrogen) atoms. The minimum atomic E-state index is 0. The molecule has 0 unspecified atom stereocenters. The Balaban J connectivity index is 0.000001000. The molecule has 1 aliphatic carbocycles. The fourth-order valence-electron chi connectivity index (χ4n) is 1.09. The van der Waals surface area contributed by atoms with Crippen LogP contribution in [0.4, 0.5) is 0 Å². The first-order valence-electron chi connectivity index (χ1n) is 3.25. The standard InChI is InChI=1S/C8H9NO.Na/c9-5-8(6-10)7-3-1-2-4-7;/h1-2,6-7,10H,3-4H2;/q;+1/p-1/b8-6+;. The van der Waals surface area contributed by atoms with Crippen LogP contribution in [0.2, 0.25) is 0 Å². The SMILES string of the molecule is N#C/C(=C\[O-])C1CC=CC1.[Na+]. The molecule has 0 fully saturated rings. The molecule has 0 saturated carbocycles. The quantitative estimate of drug-likeness (QED) is 0.186. The van der Waals surface area contributed by atoms with Crippen LogP contribution in [0.25, 0.3) is 0 Å². The molecule has 0 N–H and O–H groups in total. The number of hydrogen-bond donors (Lipinski definition) is 0. The Bertz CT molecular complexity index is 207. The van der Waals surface area contributed by atoms with Gasteiger partial charge in [0.1, 0.15) is 0 Å². The number of nitrogens with zero attached hydrogens (tertiary/aromatic N) is 1. The zero-order chi connectivity index (χ0) is 7.40. The van der Waals surface area contributed by atoms with Crippen molar-refractivity contribution in [3.05, 3.63) is 24.0 Å². The Morgan fingerprint density at radius 3 is 2.45 bits per heavy atom. The third-order valence-electron chi connectivity index (χ3n) is 1.70. The molecule has 0 radical (unpaired) electrons. The van der Waals surface area contributed by atoms with Crippen LogP contribution < -0.4 is 34.7 Å². The number of rotatable bonds is 1. The van der Waals surface area contributed by atoms with Crippen LogP contribution in [-0.4, -0.2) is 0 Å². The normalized spacial score (nSPS) is 17.5. The van der Waals surface area contributed by atoms with Gasteiger partial charge in [0.05, 0.1) is 6.07 Å². The summed E-state index contributed by atoms with van der Waals surface area (Å²) < 4.78 is 0. The van der Waals surface area contributed by atoms with Gasteiger partial charge in [-0.1, -0.05) is 12.2 Å². The van der Waals surface area contributed by atoms with Crippen molar-refractivity contribution in [1.29, 1.82) is 5.26 Å². The summed E-state index contributed by atoms with van der Waals surface area (Å²) in [6.45, 7) is 0. The van der Waals surface area contributed by atoms with Gasteiger partial charge in [0.15, 0.2) is 0 Å². The van der Waals surface area contributed by atoms with Crippen molar-refractivity contribution in [3.63, 3.8) is 0 Å². The summed E-state index contributed by atoms with van der Waals surface area (Å²) in [5, 5.41) is 18.7. The van der Waals surface area contributed by atoms with Crippen LogP contribution in [0.15, 0.2) is 24.0 Å². The number of allylic oxidation sites excluding steroid dienone is 3. The third-order valence-corrected chi connectivity index (χ3v) is 1.70. The zero-order valence-electron chi connectivity index (χ0n) is 6.58. The second-order valence-electron chi connectivity index (χ2n) is 2.32. The molecule has 0 aromatic heterocycles. The number of hydrogen-bond acceptors (Lipinski definition) is 2. The van der Waals surface area contributed by atoms with Crippen LogP contribution >= 0.6 is 0 Å². The molecule has 0 heterocycles. The molecule has 0 spiro atoms. The summed E-state index contributed by atoms with van der Waals surface area (Å²) in [5.74, 6) is 0.169. The molecule has 0 bridgehead atoms. The van der Waals surface area contributed by atoms with Crippen molar-refractivity contribution in [2.45, 2.75) is 12.8 Å². The van der Waals surface area contributed by atoms with Gasteiger partial charge in [0.2, 0.25) is 0 Å². The van der Waals surface area contributed by atoms with Crippen molar-refractivity contribution in [2.75, 3.05) is 0 Å². The molecule has 0 amide bonds. The Kier molecular flexibility index (Phi) is 5.31. The summed E-state index contributed by atoms with van der Waals surface area (Å²) in [6, 6.07) is 1.90. The van der Waals surface area contributed by atoms with Crippen molar-refractivity contribution in [2.24, 2.45) is 5.92 Å². The first-order chi connectivity index (χ1) is 4.88. The van der Waals surface area contributed by atoms with E-state index in [0.29, 0.717) is 11.8 Å². The molecule has 0 saturated heterocycles. The van der Waals surface area contributed by atoms with E-state index in [1.807, 2.05) is 18.2 Å². The molecular weight excluding hydrogens is 149 g/mol. The van der Waals surface area contributed by atoms with Crippen molar-refractivity contribution >= 4 is 0 Å². The van der Waals surface area contributed by atoms with E-state index in [1.54, 1.807) is 0 Å². The van der Waals surface area contributed by atoms with E-state index < -0.39 is 0 Å². The van der Waals surface area contributed by atoms with Gasteiger partial charge in [0.25, 0.3) is 0 Å². The molecule has 1 rings (SSSR count). The average molecular weight is 157 g/mol. The van der Waals surface area contributed by atoms with Gasteiger partial charge in [-0.3, -0.25) is 0 Å². The Labute approximate surface area is 88.5 Å². The van der Waals surface area contributed by atoms with Gasteiger partial charge in [-0.05, 0) is 18.8 Å². The molecule has 0 atom stereocenters. The average Bonchev–Trinajstić information content (AvgIpc) is 2.43. The minimum absolute atomic E-state index is 0. The number of nitriles is 1. The molecule has 2 nitrogen and oxygen atoms in total. The van der Waals surface area contributed by atoms with Crippen LogP contribution in [-0.2, 0) is 0 Å². The predicted octanol–water partition coefficient (Wildman–Crippen LogP) is -2.28. The maximum Gasteiger partial charge on any atom is 1.00 e. The van der Waals surface area contributed by atoms with Gasteiger partial charge < -0.3 is 5.11 Å². The second-order valence-corrected chi connectivity index (χ2v) is 2.32. The van der Waals surface area contributed by atoms with Crippen LogP contribution in [0.3, 0.4) is 0 Å². The third kappa shape index (κ3) is 2.70. The Hall–Kier alpha value is -0.230. The first kappa shape index (κ1) is 10.8. The monoisotopic (exact) mass is 157 g/mol. The Morgan fingerprint density at radius 1 is 1.55 bits per heavy atom. The molecule has 0 aromatic rings. The van der Waals surface area contributed by atoms with Crippen molar-refractivity contribution < 1.29 is 34.7 Å². The van der Waals surface area contributed by atoms with Gasteiger partial charge in [0, 0.05) is 5.57 Å². The molecule has 0 aliphatic heterocycles. The smallest absolute Gasteiger partial charge is 0.877 e. The summed E-state index contributed by atoms with van der Waals surface area (Å²) in [6.07, 6.45) is 6.37. The fraction of sp³-hybridized carbons (Fsp3) is 0.375. The topological polar surface area (TPSA) is 46.8 Å². The first-order valence-corrected chi connectivity index (χ1v) is 3.25. The van der Waals surface area contributed by atoms with E-state index in [0.717, 1.165) is 12.8 Å². The van der Waals surface area contributed by atoms with E-state index in [1.165, 1.54) is 0 Å². The van der Waals surface area contributed by atoms with Gasteiger partial charge in [-0.25, -0.2) is 0 Å². The van der Waals surface area contributed by atoms with E-state index in [4.69, 9.17) is 5.26 Å². The maximum absolute atomic E-state index is 10.2. The summed E-state index contributed by atoms with van der Waals surface area (Å²) in [7, 11) is 0. The molecule has 0 aromatic carbocycles. The van der Waals surface area contributed by atoms with Crippen molar-refractivity contribution in [1.82, 2.24) is 0 Å². The van der Waals surface area contributed by atoms with Gasteiger partial charge >= 0.3 is 29.6 Å². The van der Waals surface area contributed by atoms with Gasteiger partial charge in [-0.2, -0.15) is 5.26 Å². The van der Waals surface area contributed by atoms with Crippen LogP contribution in [0.1, 0.15) is 12.8 Å². The van der Waals surface area contributed by atoms with E-state index in [9.17, 15) is 5.11 Å². The minimum Gasteiger partial charge on any atom is -0.877 e. The fourth-order valence-corrected chi connectivity index (χ4v) is 1.09. The largest absolute Gasteiger partial charge is 1.00 e. The predicted molar refractivity (Wildman–Crippen MR) is 35.6 cm³/mol. The Morgan fingerprint density at radius 2 is 2.09 bits per heavy atom. The summed E-state index contributed by atoms with van der Waals surface area (Å²) in [4.78, 5) is 0. The molecule has 3 heteroatoms. The van der Waals surface area contributed by atoms with E-state index >= 15 is 0 Å². The van der Waals surface area contributed by atoms with Crippen LogP contribution in [0, 0.1) is 17.2 Å². The van der Waals surface area contributed by atoms with Crippen molar-refractivity contribution in [3.8, 4) is 6.07 Å². The molecule has 1 aliphatic rings. The van der Waals surface area contributed by atoms with Crippen LogP contribution in [0.5, 0.6) is 0 Å². The second kappa shape index (κ2) is 5.42. The molecular formula is C8H8NNaO. The zero-order valence-corrected chi connectivity index (χ0v) is 8.58. The van der Waals surface area contributed by atoms with E-state index in [-0.39, 0.29) is 35.5 Å². The molecule has 52 valence electrons.